The molecule has 1 saturated carbocycles. The normalized spacial score (nSPS) is 17.2. The van der Waals surface area contributed by atoms with Crippen molar-refractivity contribution in [2.24, 2.45) is 0 Å². The summed E-state index contributed by atoms with van der Waals surface area (Å²) >= 11 is 0. The smallest absolute Gasteiger partial charge is 0.182 e. The number of hydrogen-bond donors (Lipinski definition) is 2. The van der Waals surface area contributed by atoms with Crippen LogP contribution in [0.3, 0.4) is 0 Å². The first-order valence-electron chi connectivity index (χ1n) is 5.71. The highest BCUT2D eigenvalue weighted by Gasteiger charge is 2.33. The van der Waals surface area contributed by atoms with E-state index in [0.29, 0.717) is 11.7 Å². The maximum atomic E-state index is 5.93. The van der Waals surface area contributed by atoms with Crippen molar-refractivity contribution in [1.82, 2.24) is 20.0 Å². The Kier molecular flexibility index (Phi) is 1.68. The molecule has 16 heavy (non-hydrogen) atoms. The maximum absolute atomic E-state index is 5.93. The van der Waals surface area contributed by atoms with Gasteiger partial charge in [-0.25, -0.2) is 4.68 Å². The first kappa shape index (κ1) is 9.69. The van der Waals surface area contributed by atoms with Crippen LogP contribution in [0.2, 0.25) is 0 Å². The van der Waals surface area contributed by atoms with Gasteiger partial charge in [0, 0.05) is 5.92 Å². The third kappa shape index (κ3) is 1.24. The number of aromatic nitrogens is 4. The van der Waals surface area contributed by atoms with Gasteiger partial charge in [-0.3, -0.25) is 5.10 Å². The number of nitrogens with one attached hydrogen (secondary N) is 1. The van der Waals surface area contributed by atoms with Gasteiger partial charge in [-0.05, 0) is 33.6 Å². The topological polar surface area (TPSA) is 72.5 Å². The second-order valence-corrected chi connectivity index (χ2v) is 5.58. The van der Waals surface area contributed by atoms with Gasteiger partial charge < -0.3 is 5.73 Å². The molecule has 2 aromatic rings. The monoisotopic (exact) mass is 219 g/mol. The van der Waals surface area contributed by atoms with Crippen molar-refractivity contribution in [2.75, 3.05) is 5.73 Å². The van der Waals surface area contributed by atoms with Gasteiger partial charge >= 0.3 is 0 Å². The van der Waals surface area contributed by atoms with Crippen LogP contribution in [0.15, 0.2) is 0 Å². The molecule has 3 N–H and O–H groups in total. The zero-order valence-corrected chi connectivity index (χ0v) is 9.91. The Morgan fingerprint density at radius 3 is 2.62 bits per heavy atom. The Morgan fingerprint density at radius 2 is 2.06 bits per heavy atom. The summed E-state index contributed by atoms with van der Waals surface area (Å²) in [6.07, 6.45) is 2.45. The van der Waals surface area contributed by atoms with Crippen LogP contribution in [0.25, 0.3) is 11.0 Å². The highest BCUT2D eigenvalue weighted by atomic mass is 15.4. The van der Waals surface area contributed by atoms with Crippen LogP contribution in [0.1, 0.15) is 45.2 Å². The average Bonchev–Trinajstić information content (AvgIpc) is 2.83. The van der Waals surface area contributed by atoms with Crippen molar-refractivity contribution in [3.63, 3.8) is 0 Å². The molecular weight excluding hydrogens is 202 g/mol. The minimum atomic E-state index is -0.0625. The second kappa shape index (κ2) is 2.78. The molecule has 0 radical (unpaired) electrons. The first-order valence-corrected chi connectivity index (χ1v) is 5.71. The summed E-state index contributed by atoms with van der Waals surface area (Å²) in [4.78, 5) is 0. The predicted molar refractivity (Wildman–Crippen MR) is 63.3 cm³/mol. The molecule has 86 valence electrons. The molecular formula is C11H17N5. The molecule has 5 nitrogen and oxygen atoms in total. The van der Waals surface area contributed by atoms with Crippen LogP contribution in [-0.2, 0) is 5.54 Å². The number of rotatable bonds is 1. The SMILES string of the molecule is CC(C)(C)n1nc(C2CC2)c2c(N)[nH]nc21. The predicted octanol–water partition coefficient (Wildman–Crippen LogP) is 1.97. The van der Waals surface area contributed by atoms with Gasteiger partial charge in [0.05, 0.1) is 16.6 Å². The fraction of sp³-hybridized carbons (Fsp3) is 0.636. The van der Waals surface area contributed by atoms with E-state index in [4.69, 9.17) is 10.8 Å². The van der Waals surface area contributed by atoms with E-state index >= 15 is 0 Å². The summed E-state index contributed by atoms with van der Waals surface area (Å²) in [5, 5.41) is 12.8. The van der Waals surface area contributed by atoms with Gasteiger partial charge in [-0.15, -0.1) is 0 Å². The summed E-state index contributed by atoms with van der Waals surface area (Å²) in [7, 11) is 0. The molecule has 0 amide bonds. The van der Waals surface area contributed by atoms with E-state index in [9.17, 15) is 0 Å². The molecule has 5 heteroatoms. The molecule has 3 rings (SSSR count). The lowest BCUT2D eigenvalue weighted by molar-refractivity contribution is 0.363. The zero-order chi connectivity index (χ0) is 11.5. The molecule has 2 heterocycles. The van der Waals surface area contributed by atoms with Crippen molar-refractivity contribution in [2.45, 2.75) is 45.1 Å². The lowest BCUT2D eigenvalue weighted by atomic mass is 10.1. The third-order valence-electron chi connectivity index (χ3n) is 3.04. The molecule has 0 spiro atoms. The minimum absolute atomic E-state index is 0.0625. The summed E-state index contributed by atoms with van der Waals surface area (Å²) in [6.45, 7) is 6.38. The Labute approximate surface area is 94.0 Å². The van der Waals surface area contributed by atoms with Gasteiger partial charge in [-0.1, -0.05) is 0 Å². The summed E-state index contributed by atoms with van der Waals surface area (Å²) in [5.74, 6) is 1.23. The van der Waals surface area contributed by atoms with Crippen molar-refractivity contribution < 1.29 is 0 Å². The van der Waals surface area contributed by atoms with Crippen molar-refractivity contribution >= 4 is 16.9 Å². The second-order valence-electron chi connectivity index (χ2n) is 5.58. The number of hydrogen-bond acceptors (Lipinski definition) is 3. The number of anilines is 1. The van der Waals surface area contributed by atoms with E-state index < -0.39 is 0 Å². The largest absolute Gasteiger partial charge is 0.383 e. The number of aromatic amines is 1. The van der Waals surface area contributed by atoms with Crippen LogP contribution >= 0.6 is 0 Å². The van der Waals surface area contributed by atoms with Crippen LogP contribution in [0.4, 0.5) is 5.82 Å². The van der Waals surface area contributed by atoms with Crippen molar-refractivity contribution in [1.29, 1.82) is 0 Å². The Bertz CT molecular complexity index is 538. The lowest BCUT2D eigenvalue weighted by Gasteiger charge is -2.19. The molecule has 1 fully saturated rings. The van der Waals surface area contributed by atoms with Gasteiger partial charge in [0.2, 0.25) is 0 Å². The summed E-state index contributed by atoms with van der Waals surface area (Å²) in [5.41, 5.74) is 7.87. The number of nitrogens with two attached hydrogens (primary N) is 1. The lowest BCUT2D eigenvalue weighted by Crippen LogP contribution is -2.23. The fourth-order valence-electron chi connectivity index (χ4n) is 2.07. The number of H-pyrrole nitrogens is 1. The number of fused-ring (bicyclic) bond motifs is 1. The quantitative estimate of drug-likeness (QED) is 0.770. The van der Waals surface area contributed by atoms with E-state index in [1.807, 2.05) is 4.68 Å². The molecule has 2 aromatic heterocycles. The van der Waals surface area contributed by atoms with E-state index in [0.717, 1.165) is 16.7 Å². The fourth-order valence-corrected chi connectivity index (χ4v) is 2.07. The zero-order valence-electron chi connectivity index (χ0n) is 9.91. The molecule has 1 aliphatic rings. The van der Waals surface area contributed by atoms with E-state index in [-0.39, 0.29) is 5.54 Å². The number of nitrogens with zero attached hydrogens (tertiary/aromatic N) is 3. The Morgan fingerprint density at radius 1 is 1.38 bits per heavy atom. The van der Waals surface area contributed by atoms with Crippen molar-refractivity contribution in [3.8, 4) is 0 Å². The van der Waals surface area contributed by atoms with Gasteiger partial charge in [-0.2, -0.15) is 10.2 Å². The molecule has 0 saturated heterocycles. The van der Waals surface area contributed by atoms with Crippen LogP contribution < -0.4 is 5.73 Å². The molecule has 0 aromatic carbocycles. The van der Waals surface area contributed by atoms with E-state index in [1.54, 1.807) is 0 Å². The van der Waals surface area contributed by atoms with Gasteiger partial charge in [0.15, 0.2) is 5.65 Å². The molecule has 0 unspecified atom stereocenters. The van der Waals surface area contributed by atoms with E-state index in [1.165, 1.54) is 12.8 Å². The van der Waals surface area contributed by atoms with Gasteiger partial charge in [0.1, 0.15) is 5.82 Å². The Hall–Kier alpha value is -1.52. The highest BCUT2D eigenvalue weighted by Crippen LogP contribution is 2.44. The van der Waals surface area contributed by atoms with Crippen LogP contribution in [0.5, 0.6) is 0 Å². The van der Waals surface area contributed by atoms with Crippen LogP contribution in [0, 0.1) is 0 Å². The Balaban J connectivity index is 2.30. The van der Waals surface area contributed by atoms with Gasteiger partial charge in [0.25, 0.3) is 0 Å². The number of nitrogen functional groups attached to an aromatic ring is 1. The maximum Gasteiger partial charge on any atom is 0.182 e. The van der Waals surface area contributed by atoms with Crippen molar-refractivity contribution in [3.05, 3.63) is 5.69 Å². The summed E-state index contributed by atoms with van der Waals surface area (Å²) in [6, 6.07) is 0. The standard InChI is InChI=1S/C11H17N5/c1-11(2,3)16-10-7(9(12)13-14-10)8(15-16)6-4-5-6/h6H,4-5H2,1-3H3,(H3,12,13,14). The highest BCUT2D eigenvalue weighted by molar-refractivity contribution is 5.89. The minimum Gasteiger partial charge on any atom is -0.383 e. The molecule has 0 bridgehead atoms. The molecule has 0 aliphatic heterocycles. The van der Waals surface area contributed by atoms with E-state index in [2.05, 4.69) is 31.0 Å². The molecule has 0 atom stereocenters. The summed E-state index contributed by atoms with van der Waals surface area (Å²) < 4.78 is 1.98. The van der Waals surface area contributed by atoms with Crippen LogP contribution in [-0.4, -0.2) is 20.0 Å². The molecule has 1 aliphatic carbocycles. The third-order valence-corrected chi connectivity index (χ3v) is 3.04. The first-order chi connectivity index (χ1) is 7.48. The average molecular weight is 219 g/mol.